The van der Waals surface area contributed by atoms with E-state index in [9.17, 15) is 5.11 Å². The Balaban J connectivity index is 3.05. The van der Waals surface area contributed by atoms with Gasteiger partial charge in [-0.3, -0.25) is 0 Å². The minimum atomic E-state index is -0.229. The molecule has 108 valence electrons. The van der Waals surface area contributed by atoms with Gasteiger partial charge in [-0.25, -0.2) is 0 Å². The highest BCUT2D eigenvalue weighted by Gasteiger charge is 1.93. The van der Waals surface area contributed by atoms with Crippen molar-refractivity contribution >= 4 is 0 Å². The van der Waals surface area contributed by atoms with Gasteiger partial charge < -0.3 is 5.11 Å². The van der Waals surface area contributed by atoms with Crippen molar-refractivity contribution in [2.45, 2.75) is 97.0 Å². The van der Waals surface area contributed by atoms with Gasteiger partial charge in [-0.2, -0.15) is 0 Å². The van der Waals surface area contributed by atoms with E-state index in [1.165, 1.54) is 64.2 Å². The summed E-state index contributed by atoms with van der Waals surface area (Å²) in [6, 6.07) is 0. The SMILES string of the molecule is CCCCCCCCCCCCC=CC(O)CC. The zero-order valence-electron chi connectivity index (χ0n) is 12.7. The molecule has 0 radical (unpaired) electrons. The Morgan fingerprint density at radius 3 is 1.78 bits per heavy atom. The highest BCUT2D eigenvalue weighted by Crippen LogP contribution is 2.11. The highest BCUT2D eigenvalue weighted by atomic mass is 16.3. The topological polar surface area (TPSA) is 20.2 Å². The molecule has 1 N–H and O–H groups in total. The van der Waals surface area contributed by atoms with Gasteiger partial charge in [-0.1, -0.05) is 83.8 Å². The number of aliphatic hydroxyl groups is 1. The predicted molar refractivity (Wildman–Crippen MR) is 81.9 cm³/mol. The van der Waals surface area contributed by atoms with Crippen LogP contribution in [-0.4, -0.2) is 11.2 Å². The Kier molecular flexibility index (Phi) is 14.5. The van der Waals surface area contributed by atoms with Gasteiger partial charge in [-0.05, 0) is 19.3 Å². The average molecular weight is 254 g/mol. The van der Waals surface area contributed by atoms with Crippen molar-refractivity contribution in [2.75, 3.05) is 0 Å². The molecule has 1 nitrogen and oxygen atoms in total. The lowest BCUT2D eigenvalue weighted by molar-refractivity contribution is 0.219. The lowest BCUT2D eigenvalue weighted by Gasteiger charge is -2.01. The van der Waals surface area contributed by atoms with E-state index >= 15 is 0 Å². The zero-order chi connectivity index (χ0) is 13.5. The van der Waals surface area contributed by atoms with Crippen molar-refractivity contribution in [1.82, 2.24) is 0 Å². The predicted octanol–water partition coefficient (Wildman–Crippen LogP) is 5.62. The van der Waals surface area contributed by atoms with Crippen LogP contribution in [0.25, 0.3) is 0 Å². The molecule has 0 rings (SSSR count). The molecule has 0 aromatic rings. The normalized spacial score (nSPS) is 13.3. The first kappa shape index (κ1) is 17.7. The van der Waals surface area contributed by atoms with E-state index in [1.807, 2.05) is 13.0 Å². The molecular formula is C17H34O. The molecule has 0 saturated carbocycles. The van der Waals surface area contributed by atoms with Crippen LogP contribution in [-0.2, 0) is 0 Å². The first-order valence-corrected chi connectivity index (χ1v) is 8.16. The van der Waals surface area contributed by atoms with Crippen molar-refractivity contribution in [2.24, 2.45) is 0 Å². The first-order valence-electron chi connectivity index (χ1n) is 8.16. The molecule has 0 aliphatic carbocycles. The smallest absolute Gasteiger partial charge is 0.0718 e. The molecule has 1 heteroatoms. The maximum atomic E-state index is 9.33. The summed E-state index contributed by atoms with van der Waals surface area (Å²) in [5.41, 5.74) is 0. The second-order valence-electron chi connectivity index (χ2n) is 5.37. The Morgan fingerprint density at radius 2 is 1.28 bits per heavy atom. The van der Waals surface area contributed by atoms with Crippen LogP contribution < -0.4 is 0 Å². The van der Waals surface area contributed by atoms with Crippen LogP contribution in [0.2, 0.25) is 0 Å². The number of rotatable bonds is 13. The molecule has 0 spiro atoms. The molecular weight excluding hydrogens is 220 g/mol. The summed E-state index contributed by atoms with van der Waals surface area (Å²) in [6.45, 7) is 4.28. The van der Waals surface area contributed by atoms with Crippen molar-refractivity contribution in [1.29, 1.82) is 0 Å². The van der Waals surface area contributed by atoms with Gasteiger partial charge >= 0.3 is 0 Å². The lowest BCUT2D eigenvalue weighted by Crippen LogP contribution is -1.97. The third-order valence-corrected chi connectivity index (χ3v) is 3.50. The van der Waals surface area contributed by atoms with Gasteiger partial charge in [0.15, 0.2) is 0 Å². The van der Waals surface area contributed by atoms with Crippen LogP contribution in [0.4, 0.5) is 0 Å². The number of hydrogen-bond donors (Lipinski definition) is 1. The summed E-state index contributed by atoms with van der Waals surface area (Å²) in [4.78, 5) is 0. The Labute approximate surface area is 115 Å². The van der Waals surface area contributed by atoms with Crippen molar-refractivity contribution < 1.29 is 5.11 Å². The monoisotopic (exact) mass is 254 g/mol. The molecule has 0 aliphatic heterocycles. The summed E-state index contributed by atoms with van der Waals surface area (Å²) in [5, 5.41) is 9.33. The van der Waals surface area contributed by atoms with Crippen LogP contribution in [0, 0.1) is 0 Å². The van der Waals surface area contributed by atoms with Crippen molar-refractivity contribution in [3.8, 4) is 0 Å². The summed E-state index contributed by atoms with van der Waals surface area (Å²) in [6.07, 6.45) is 19.7. The molecule has 0 bridgehead atoms. The average Bonchev–Trinajstić information content (AvgIpc) is 2.39. The maximum absolute atomic E-state index is 9.33. The molecule has 0 saturated heterocycles. The van der Waals surface area contributed by atoms with Gasteiger partial charge in [0, 0.05) is 0 Å². The molecule has 0 amide bonds. The van der Waals surface area contributed by atoms with Crippen LogP contribution in [0.3, 0.4) is 0 Å². The largest absolute Gasteiger partial charge is 0.389 e. The van der Waals surface area contributed by atoms with E-state index in [0.29, 0.717) is 0 Å². The summed E-state index contributed by atoms with van der Waals surface area (Å²) in [5.74, 6) is 0. The second kappa shape index (κ2) is 14.8. The Bertz CT molecular complexity index is 174. The summed E-state index contributed by atoms with van der Waals surface area (Å²) < 4.78 is 0. The first-order chi connectivity index (χ1) is 8.81. The molecule has 18 heavy (non-hydrogen) atoms. The van der Waals surface area contributed by atoms with E-state index in [0.717, 1.165) is 12.8 Å². The minimum Gasteiger partial charge on any atom is -0.389 e. The van der Waals surface area contributed by atoms with Gasteiger partial charge in [0.1, 0.15) is 0 Å². The standard InChI is InChI=1S/C17H34O/c1-3-5-6-7-8-9-10-11-12-13-14-15-16-17(18)4-2/h15-18H,3-14H2,1-2H3. The maximum Gasteiger partial charge on any atom is 0.0718 e. The van der Waals surface area contributed by atoms with Crippen LogP contribution >= 0.6 is 0 Å². The van der Waals surface area contributed by atoms with Gasteiger partial charge in [-0.15, -0.1) is 0 Å². The third kappa shape index (κ3) is 13.8. The molecule has 0 fully saturated rings. The number of hydrogen-bond acceptors (Lipinski definition) is 1. The molecule has 0 aromatic carbocycles. The lowest BCUT2D eigenvalue weighted by atomic mass is 10.1. The fraction of sp³-hybridized carbons (Fsp3) is 0.882. The molecule has 0 heterocycles. The second-order valence-corrected chi connectivity index (χ2v) is 5.37. The summed E-state index contributed by atoms with van der Waals surface area (Å²) in [7, 11) is 0. The minimum absolute atomic E-state index is 0.229. The fourth-order valence-corrected chi connectivity index (χ4v) is 2.14. The quantitative estimate of drug-likeness (QED) is 0.334. The van der Waals surface area contributed by atoms with E-state index in [-0.39, 0.29) is 6.10 Å². The van der Waals surface area contributed by atoms with Crippen molar-refractivity contribution in [3.05, 3.63) is 12.2 Å². The van der Waals surface area contributed by atoms with E-state index < -0.39 is 0 Å². The number of aliphatic hydroxyl groups excluding tert-OH is 1. The molecule has 1 unspecified atom stereocenters. The fourth-order valence-electron chi connectivity index (χ4n) is 2.14. The number of allylic oxidation sites excluding steroid dienone is 1. The van der Waals surface area contributed by atoms with E-state index in [2.05, 4.69) is 13.0 Å². The van der Waals surface area contributed by atoms with Gasteiger partial charge in [0.2, 0.25) is 0 Å². The number of unbranched alkanes of at least 4 members (excludes halogenated alkanes) is 10. The summed E-state index contributed by atoms with van der Waals surface area (Å²) >= 11 is 0. The van der Waals surface area contributed by atoms with E-state index in [1.54, 1.807) is 0 Å². The van der Waals surface area contributed by atoms with Gasteiger partial charge in [0.25, 0.3) is 0 Å². The Hall–Kier alpha value is -0.300. The Morgan fingerprint density at radius 1 is 0.778 bits per heavy atom. The van der Waals surface area contributed by atoms with Crippen molar-refractivity contribution in [3.63, 3.8) is 0 Å². The third-order valence-electron chi connectivity index (χ3n) is 3.50. The zero-order valence-corrected chi connectivity index (χ0v) is 12.7. The van der Waals surface area contributed by atoms with Crippen LogP contribution in [0.15, 0.2) is 12.2 Å². The molecule has 0 aromatic heterocycles. The van der Waals surface area contributed by atoms with Gasteiger partial charge in [0.05, 0.1) is 6.10 Å². The van der Waals surface area contributed by atoms with E-state index in [4.69, 9.17) is 0 Å². The molecule has 1 atom stereocenters. The highest BCUT2D eigenvalue weighted by molar-refractivity contribution is 4.87. The van der Waals surface area contributed by atoms with Crippen LogP contribution in [0.1, 0.15) is 90.9 Å². The van der Waals surface area contributed by atoms with Crippen LogP contribution in [0.5, 0.6) is 0 Å². The molecule has 0 aliphatic rings.